The van der Waals surface area contributed by atoms with Crippen LogP contribution in [0.5, 0.6) is 0 Å². The molecule has 0 radical (unpaired) electrons. The molecule has 0 aliphatic carbocycles. The Morgan fingerprint density at radius 3 is 2.23 bits per heavy atom. The minimum atomic E-state index is 0.450. The number of nitrogens with one attached hydrogen (secondary N) is 1. The summed E-state index contributed by atoms with van der Waals surface area (Å²) in [5.74, 6) is 0.821. The van der Waals surface area contributed by atoms with Gasteiger partial charge in [-0.2, -0.15) is 0 Å². The Morgan fingerprint density at radius 1 is 1.15 bits per heavy atom. The molecule has 0 aromatic heterocycles. The van der Waals surface area contributed by atoms with Crippen LogP contribution in [-0.4, -0.2) is 13.1 Å². The first kappa shape index (κ1) is 13.0. The summed E-state index contributed by atoms with van der Waals surface area (Å²) >= 11 is 0. The van der Waals surface area contributed by atoms with Gasteiger partial charge in [0.1, 0.15) is 0 Å². The zero-order chi connectivity index (χ0) is 10.3. The highest BCUT2D eigenvalue weighted by Crippen LogP contribution is 2.29. The van der Waals surface area contributed by atoms with Crippen molar-refractivity contribution in [3.63, 3.8) is 0 Å². The third-order valence-corrected chi connectivity index (χ3v) is 3.06. The van der Waals surface area contributed by atoms with Crippen molar-refractivity contribution in [1.29, 1.82) is 0 Å². The summed E-state index contributed by atoms with van der Waals surface area (Å²) in [6.45, 7) is 13.9. The van der Waals surface area contributed by atoms with Crippen molar-refractivity contribution < 1.29 is 0 Å². The summed E-state index contributed by atoms with van der Waals surface area (Å²) in [7, 11) is 0. The van der Waals surface area contributed by atoms with Crippen LogP contribution in [0.25, 0.3) is 0 Å². The second kappa shape index (κ2) is 6.42. The molecular formula is C12H27N. The van der Waals surface area contributed by atoms with Gasteiger partial charge in [0.15, 0.2) is 0 Å². The van der Waals surface area contributed by atoms with E-state index >= 15 is 0 Å². The van der Waals surface area contributed by atoms with Gasteiger partial charge in [0, 0.05) is 6.54 Å². The molecule has 0 spiro atoms. The van der Waals surface area contributed by atoms with Crippen molar-refractivity contribution >= 4 is 0 Å². The van der Waals surface area contributed by atoms with E-state index in [4.69, 9.17) is 0 Å². The van der Waals surface area contributed by atoms with Crippen LogP contribution >= 0.6 is 0 Å². The zero-order valence-electron chi connectivity index (χ0n) is 10.1. The maximum absolute atomic E-state index is 3.51. The molecular weight excluding hydrogens is 158 g/mol. The van der Waals surface area contributed by atoms with Gasteiger partial charge in [-0.3, -0.25) is 0 Å². The lowest BCUT2D eigenvalue weighted by molar-refractivity contribution is 0.208. The Kier molecular flexibility index (Phi) is 6.40. The van der Waals surface area contributed by atoms with Crippen LogP contribution in [0.3, 0.4) is 0 Å². The van der Waals surface area contributed by atoms with Gasteiger partial charge < -0.3 is 5.32 Å². The Bertz CT molecular complexity index is 118. The molecule has 0 aliphatic heterocycles. The highest BCUT2D eigenvalue weighted by Gasteiger charge is 2.24. The Hall–Kier alpha value is -0.0400. The quantitative estimate of drug-likeness (QED) is 0.599. The first-order chi connectivity index (χ1) is 6.04. The maximum atomic E-state index is 3.51. The third-order valence-electron chi connectivity index (χ3n) is 3.06. The lowest BCUT2D eigenvalue weighted by Crippen LogP contribution is -2.34. The maximum Gasteiger partial charge on any atom is 0.000506 e. The molecule has 0 aliphatic rings. The van der Waals surface area contributed by atoms with Gasteiger partial charge in [0.25, 0.3) is 0 Å². The number of rotatable bonds is 7. The fourth-order valence-corrected chi connectivity index (χ4v) is 1.59. The largest absolute Gasteiger partial charge is 0.316 e. The van der Waals surface area contributed by atoms with Crippen molar-refractivity contribution in [3.05, 3.63) is 0 Å². The monoisotopic (exact) mass is 185 g/mol. The molecule has 13 heavy (non-hydrogen) atoms. The fourth-order valence-electron chi connectivity index (χ4n) is 1.59. The second-order valence-electron chi connectivity index (χ2n) is 4.86. The predicted molar refractivity (Wildman–Crippen MR) is 61.0 cm³/mol. The van der Waals surface area contributed by atoms with Crippen molar-refractivity contribution in [2.45, 2.75) is 53.9 Å². The summed E-state index contributed by atoms with van der Waals surface area (Å²) in [5.41, 5.74) is 0.450. The topological polar surface area (TPSA) is 12.0 Å². The Morgan fingerprint density at radius 2 is 1.77 bits per heavy atom. The van der Waals surface area contributed by atoms with Crippen LogP contribution in [0.4, 0.5) is 0 Å². The van der Waals surface area contributed by atoms with Gasteiger partial charge in [-0.25, -0.2) is 0 Å². The second-order valence-corrected chi connectivity index (χ2v) is 4.86. The van der Waals surface area contributed by atoms with Crippen LogP contribution in [0.15, 0.2) is 0 Å². The van der Waals surface area contributed by atoms with Crippen LogP contribution in [0.2, 0.25) is 0 Å². The summed E-state index contributed by atoms with van der Waals surface area (Å²) in [6, 6.07) is 0. The molecule has 0 saturated heterocycles. The molecule has 0 bridgehead atoms. The van der Waals surface area contributed by atoms with E-state index in [0.29, 0.717) is 5.41 Å². The summed E-state index contributed by atoms with van der Waals surface area (Å²) in [4.78, 5) is 0. The molecule has 0 amide bonds. The SMILES string of the molecule is CCCNCC(C)(C)C(C)CCC. The van der Waals surface area contributed by atoms with Gasteiger partial charge in [-0.15, -0.1) is 0 Å². The van der Waals surface area contributed by atoms with Crippen LogP contribution in [0.1, 0.15) is 53.9 Å². The lowest BCUT2D eigenvalue weighted by Gasteiger charge is -2.32. The smallest absolute Gasteiger partial charge is 0.000506 e. The average Bonchev–Trinajstić information content (AvgIpc) is 2.05. The van der Waals surface area contributed by atoms with Crippen molar-refractivity contribution in [1.82, 2.24) is 5.32 Å². The predicted octanol–water partition coefficient (Wildman–Crippen LogP) is 3.45. The molecule has 1 nitrogen and oxygen atoms in total. The first-order valence-corrected chi connectivity index (χ1v) is 5.75. The lowest BCUT2D eigenvalue weighted by atomic mass is 9.77. The van der Waals surface area contributed by atoms with Crippen LogP contribution < -0.4 is 5.32 Å². The molecule has 1 N–H and O–H groups in total. The zero-order valence-corrected chi connectivity index (χ0v) is 10.1. The molecule has 80 valence electrons. The van der Waals surface area contributed by atoms with Crippen LogP contribution in [0, 0.1) is 11.3 Å². The molecule has 0 fully saturated rings. The Labute approximate surface area is 84.3 Å². The van der Waals surface area contributed by atoms with Crippen LogP contribution in [-0.2, 0) is 0 Å². The normalized spacial score (nSPS) is 14.5. The summed E-state index contributed by atoms with van der Waals surface area (Å²) in [5, 5.41) is 3.51. The standard InChI is InChI=1S/C12H27N/c1-6-8-11(3)12(4,5)10-13-9-7-2/h11,13H,6-10H2,1-5H3. The minimum Gasteiger partial charge on any atom is -0.316 e. The molecule has 1 heteroatoms. The van der Waals surface area contributed by atoms with E-state index in [1.165, 1.54) is 19.3 Å². The average molecular weight is 185 g/mol. The molecule has 0 aromatic carbocycles. The fraction of sp³-hybridized carbons (Fsp3) is 1.00. The van der Waals surface area contributed by atoms with Gasteiger partial charge in [0.05, 0.1) is 0 Å². The Balaban J connectivity index is 3.76. The van der Waals surface area contributed by atoms with E-state index in [1.54, 1.807) is 0 Å². The number of hydrogen-bond acceptors (Lipinski definition) is 1. The van der Waals surface area contributed by atoms with Gasteiger partial charge in [-0.1, -0.05) is 47.5 Å². The number of hydrogen-bond donors (Lipinski definition) is 1. The van der Waals surface area contributed by atoms with E-state index in [2.05, 4.69) is 39.9 Å². The van der Waals surface area contributed by atoms with E-state index in [9.17, 15) is 0 Å². The van der Waals surface area contributed by atoms with E-state index in [-0.39, 0.29) is 0 Å². The van der Waals surface area contributed by atoms with E-state index in [0.717, 1.165) is 19.0 Å². The first-order valence-electron chi connectivity index (χ1n) is 5.75. The van der Waals surface area contributed by atoms with Gasteiger partial charge >= 0.3 is 0 Å². The highest BCUT2D eigenvalue weighted by molar-refractivity contribution is 4.77. The van der Waals surface area contributed by atoms with E-state index < -0.39 is 0 Å². The highest BCUT2D eigenvalue weighted by atomic mass is 14.9. The summed E-state index contributed by atoms with van der Waals surface area (Å²) < 4.78 is 0. The van der Waals surface area contributed by atoms with Crippen molar-refractivity contribution in [2.75, 3.05) is 13.1 Å². The van der Waals surface area contributed by atoms with Crippen molar-refractivity contribution in [2.24, 2.45) is 11.3 Å². The van der Waals surface area contributed by atoms with Gasteiger partial charge in [-0.05, 0) is 24.3 Å². The van der Waals surface area contributed by atoms with Crippen molar-refractivity contribution in [3.8, 4) is 0 Å². The molecule has 0 aromatic rings. The molecule has 0 rings (SSSR count). The third kappa shape index (κ3) is 5.30. The molecule has 1 atom stereocenters. The van der Waals surface area contributed by atoms with E-state index in [1.807, 2.05) is 0 Å². The minimum absolute atomic E-state index is 0.450. The van der Waals surface area contributed by atoms with Gasteiger partial charge in [0.2, 0.25) is 0 Å². The molecule has 0 saturated carbocycles. The molecule has 0 heterocycles. The summed E-state index contributed by atoms with van der Waals surface area (Å²) in [6.07, 6.45) is 3.89. The molecule has 1 unspecified atom stereocenters.